The van der Waals surface area contributed by atoms with E-state index in [4.69, 9.17) is 42.1 Å². The molecular weight excluding hydrogens is 495 g/mol. The minimum atomic E-state index is 0.335. The summed E-state index contributed by atoms with van der Waals surface area (Å²) < 4.78 is 24.2. The van der Waals surface area contributed by atoms with Crippen LogP contribution < -0.4 is 18.9 Å². The van der Waals surface area contributed by atoms with Gasteiger partial charge in [0.05, 0.1) is 10.0 Å². The van der Waals surface area contributed by atoms with Crippen molar-refractivity contribution in [1.82, 2.24) is 0 Å². The molecule has 0 aromatic heterocycles. The highest BCUT2D eigenvalue weighted by Crippen LogP contribution is 2.47. The van der Waals surface area contributed by atoms with E-state index in [0.717, 1.165) is 33.0 Å². The Hall–Kier alpha value is -3.60. The van der Waals surface area contributed by atoms with Gasteiger partial charge in [-0.25, -0.2) is 0 Å². The third kappa shape index (κ3) is 5.30. The third-order valence-corrected chi connectivity index (χ3v) is 6.28. The van der Waals surface area contributed by atoms with Gasteiger partial charge in [-0.3, -0.25) is 0 Å². The molecule has 36 heavy (non-hydrogen) atoms. The van der Waals surface area contributed by atoms with Gasteiger partial charge < -0.3 is 18.9 Å². The topological polar surface area (TPSA) is 36.9 Å². The van der Waals surface area contributed by atoms with Crippen molar-refractivity contribution in [1.29, 1.82) is 0 Å². The molecule has 0 spiro atoms. The SMILES string of the molecule is Clc1cccc2c(OCCOc3ccccc3)c3c(Cl)cccc3c(OCCOc3ccccc3)c12. The van der Waals surface area contributed by atoms with E-state index in [1.165, 1.54) is 0 Å². The van der Waals surface area contributed by atoms with Gasteiger partial charge >= 0.3 is 0 Å². The lowest BCUT2D eigenvalue weighted by Gasteiger charge is -2.19. The van der Waals surface area contributed by atoms with Crippen molar-refractivity contribution in [2.45, 2.75) is 0 Å². The first-order chi connectivity index (χ1) is 17.7. The van der Waals surface area contributed by atoms with E-state index in [9.17, 15) is 0 Å². The lowest BCUT2D eigenvalue weighted by Crippen LogP contribution is -2.11. The summed E-state index contributed by atoms with van der Waals surface area (Å²) in [6.07, 6.45) is 0. The van der Waals surface area contributed by atoms with Crippen LogP contribution in [-0.2, 0) is 0 Å². The molecule has 0 fully saturated rings. The van der Waals surface area contributed by atoms with Crippen molar-refractivity contribution in [3.05, 3.63) is 107 Å². The highest BCUT2D eigenvalue weighted by Gasteiger charge is 2.20. The zero-order chi connectivity index (χ0) is 24.7. The van der Waals surface area contributed by atoms with Crippen LogP contribution in [0.5, 0.6) is 23.0 Å². The molecule has 0 aliphatic carbocycles. The van der Waals surface area contributed by atoms with Crippen molar-refractivity contribution in [2.24, 2.45) is 0 Å². The third-order valence-electron chi connectivity index (χ3n) is 5.65. The number of rotatable bonds is 10. The molecule has 4 nitrogen and oxygen atoms in total. The molecule has 6 heteroatoms. The number of para-hydroxylation sites is 2. The Kier molecular flexibility index (Phi) is 7.65. The molecule has 0 aliphatic heterocycles. The van der Waals surface area contributed by atoms with Crippen LogP contribution in [0.2, 0.25) is 10.0 Å². The highest BCUT2D eigenvalue weighted by molar-refractivity contribution is 6.40. The lowest BCUT2D eigenvalue weighted by molar-refractivity contribution is 0.218. The quantitative estimate of drug-likeness (QED) is 0.138. The van der Waals surface area contributed by atoms with Crippen molar-refractivity contribution >= 4 is 44.7 Å². The summed E-state index contributed by atoms with van der Waals surface area (Å²) in [5, 5.41) is 4.32. The Balaban J connectivity index is 1.44. The van der Waals surface area contributed by atoms with Crippen LogP contribution in [-0.4, -0.2) is 26.4 Å². The summed E-state index contributed by atoms with van der Waals surface area (Å²) in [4.78, 5) is 0. The Labute approximate surface area is 219 Å². The van der Waals surface area contributed by atoms with Crippen molar-refractivity contribution in [2.75, 3.05) is 26.4 Å². The van der Waals surface area contributed by atoms with Gasteiger partial charge in [-0.1, -0.05) is 83.9 Å². The fourth-order valence-electron chi connectivity index (χ4n) is 4.10. The molecule has 0 heterocycles. The maximum atomic E-state index is 6.70. The summed E-state index contributed by atoms with van der Waals surface area (Å²) in [5.74, 6) is 2.88. The first-order valence-electron chi connectivity index (χ1n) is 11.7. The van der Waals surface area contributed by atoms with Crippen LogP contribution in [0.15, 0.2) is 97.1 Å². The van der Waals surface area contributed by atoms with Crippen LogP contribution in [0.1, 0.15) is 0 Å². The number of ether oxygens (including phenoxy) is 4. The van der Waals surface area contributed by atoms with Gasteiger partial charge in [0, 0.05) is 21.5 Å². The Morgan fingerprint density at radius 2 is 0.806 bits per heavy atom. The van der Waals surface area contributed by atoms with Crippen LogP contribution in [0.25, 0.3) is 21.5 Å². The van der Waals surface area contributed by atoms with Crippen LogP contribution in [0.4, 0.5) is 0 Å². The molecule has 0 bridgehead atoms. The van der Waals surface area contributed by atoms with E-state index in [0.29, 0.717) is 48.0 Å². The van der Waals surface area contributed by atoms with E-state index >= 15 is 0 Å². The fourth-order valence-corrected chi connectivity index (χ4v) is 4.62. The molecule has 0 radical (unpaired) electrons. The van der Waals surface area contributed by atoms with Gasteiger partial charge in [0.15, 0.2) is 0 Å². The molecule has 5 aromatic rings. The van der Waals surface area contributed by atoms with Gasteiger partial charge in [0.25, 0.3) is 0 Å². The van der Waals surface area contributed by atoms with Gasteiger partial charge in [0.1, 0.15) is 49.4 Å². The minimum Gasteiger partial charge on any atom is -0.490 e. The fraction of sp³-hybridized carbons (Fsp3) is 0.133. The zero-order valence-electron chi connectivity index (χ0n) is 19.5. The average Bonchev–Trinajstić information content (AvgIpc) is 2.91. The molecule has 0 amide bonds. The standard InChI is InChI=1S/C30H24Cl2O4/c31-25-15-8-14-24-27(25)29(35-19-17-33-21-9-3-1-4-10-21)23-13-7-16-26(32)28(23)30(24)36-20-18-34-22-11-5-2-6-12-22/h1-16H,17-20H2. The maximum Gasteiger partial charge on any atom is 0.136 e. The van der Waals surface area contributed by atoms with E-state index in [1.807, 2.05) is 97.1 Å². The van der Waals surface area contributed by atoms with E-state index < -0.39 is 0 Å². The van der Waals surface area contributed by atoms with Crippen molar-refractivity contribution in [3.8, 4) is 23.0 Å². The first-order valence-corrected chi connectivity index (χ1v) is 12.4. The molecule has 0 N–H and O–H groups in total. The minimum absolute atomic E-state index is 0.335. The molecule has 5 rings (SSSR count). The van der Waals surface area contributed by atoms with Crippen molar-refractivity contribution in [3.63, 3.8) is 0 Å². The first kappa shape index (κ1) is 24.1. The second kappa shape index (κ2) is 11.4. The predicted molar refractivity (Wildman–Crippen MR) is 146 cm³/mol. The Bertz CT molecular complexity index is 1340. The number of hydrogen-bond donors (Lipinski definition) is 0. The van der Waals surface area contributed by atoms with Gasteiger partial charge in [0.2, 0.25) is 0 Å². The normalized spacial score (nSPS) is 10.9. The average molecular weight is 519 g/mol. The predicted octanol–water partition coefficient (Wildman–Crippen LogP) is 8.22. The number of halogens is 2. The smallest absolute Gasteiger partial charge is 0.136 e. The van der Waals surface area contributed by atoms with Crippen LogP contribution in [0.3, 0.4) is 0 Å². The Morgan fingerprint density at radius 1 is 0.417 bits per heavy atom. The number of benzene rings is 5. The van der Waals surface area contributed by atoms with Crippen molar-refractivity contribution < 1.29 is 18.9 Å². The molecule has 0 unspecified atom stereocenters. The second-order valence-electron chi connectivity index (χ2n) is 8.00. The molecule has 0 aliphatic rings. The Morgan fingerprint density at radius 3 is 1.22 bits per heavy atom. The second-order valence-corrected chi connectivity index (χ2v) is 8.82. The molecule has 5 aromatic carbocycles. The molecule has 182 valence electrons. The summed E-state index contributed by atoms with van der Waals surface area (Å²) in [6, 6.07) is 30.7. The van der Waals surface area contributed by atoms with Crippen LogP contribution >= 0.6 is 23.2 Å². The molecule has 0 atom stereocenters. The van der Waals surface area contributed by atoms with Gasteiger partial charge in [-0.05, 0) is 36.4 Å². The number of hydrogen-bond acceptors (Lipinski definition) is 4. The number of fused-ring (bicyclic) bond motifs is 2. The van der Waals surface area contributed by atoms with E-state index in [-0.39, 0.29) is 0 Å². The van der Waals surface area contributed by atoms with Gasteiger partial charge in [-0.15, -0.1) is 0 Å². The van der Waals surface area contributed by atoms with Gasteiger partial charge in [-0.2, -0.15) is 0 Å². The van der Waals surface area contributed by atoms with E-state index in [2.05, 4.69) is 0 Å². The summed E-state index contributed by atoms with van der Waals surface area (Å²) in [6.45, 7) is 1.43. The highest BCUT2D eigenvalue weighted by atomic mass is 35.5. The zero-order valence-corrected chi connectivity index (χ0v) is 21.0. The summed E-state index contributed by atoms with van der Waals surface area (Å²) >= 11 is 13.4. The van der Waals surface area contributed by atoms with E-state index in [1.54, 1.807) is 0 Å². The van der Waals surface area contributed by atoms with Crippen LogP contribution in [0, 0.1) is 0 Å². The molecule has 0 saturated heterocycles. The lowest BCUT2D eigenvalue weighted by atomic mass is 10.0. The summed E-state index contributed by atoms with van der Waals surface area (Å²) in [5.41, 5.74) is 0. The molecule has 0 saturated carbocycles. The molecular formula is C30H24Cl2O4. The maximum absolute atomic E-state index is 6.70. The largest absolute Gasteiger partial charge is 0.490 e. The summed E-state index contributed by atoms with van der Waals surface area (Å²) in [7, 11) is 0. The monoisotopic (exact) mass is 518 g/mol.